The third-order valence-corrected chi connectivity index (χ3v) is 6.57. The fraction of sp³-hybridized carbons (Fsp3) is 0.333. The molecule has 6 nitrogen and oxygen atoms in total. The minimum absolute atomic E-state index is 0.212. The van der Waals surface area contributed by atoms with Crippen molar-refractivity contribution in [2.75, 3.05) is 13.1 Å². The molecule has 0 saturated carbocycles. The standard InChI is InChI=1S/C24H25F2N3O3S/c1-24(2,3)28(23(31)32)8-6-16-12-27-22(30)20-11-17(14-4-5-18(25)19(26)10-14)21(29(16)20)15-7-9-33-13-15/h4-5,7,9-11,13,16H,6,8,12H2,1-3H3,(H,27,30)(H,31,32). The third-order valence-electron chi connectivity index (χ3n) is 5.88. The number of nitrogens with one attached hydrogen (secondary N) is 1. The number of amides is 2. The van der Waals surface area contributed by atoms with Crippen LogP contribution in [0.5, 0.6) is 0 Å². The Kier molecular flexibility index (Phi) is 6.00. The topological polar surface area (TPSA) is 74.6 Å². The summed E-state index contributed by atoms with van der Waals surface area (Å²) in [6, 6.07) is 7.10. The normalized spacial score (nSPS) is 15.8. The van der Waals surface area contributed by atoms with Crippen LogP contribution >= 0.6 is 11.3 Å². The van der Waals surface area contributed by atoms with Crippen LogP contribution in [0.25, 0.3) is 22.4 Å². The molecule has 4 rings (SSSR count). The highest BCUT2D eigenvalue weighted by atomic mass is 32.1. The van der Waals surface area contributed by atoms with Gasteiger partial charge >= 0.3 is 6.09 Å². The highest BCUT2D eigenvalue weighted by Crippen LogP contribution is 2.40. The summed E-state index contributed by atoms with van der Waals surface area (Å²) in [5, 5.41) is 16.4. The Morgan fingerprint density at radius 1 is 1.21 bits per heavy atom. The number of rotatable bonds is 5. The number of carbonyl (C=O) groups is 2. The number of halogens is 2. The maximum Gasteiger partial charge on any atom is 0.407 e. The maximum atomic E-state index is 14.1. The van der Waals surface area contributed by atoms with Gasteiger partial charge in [-0.1, -0.05) is 6.07 Å². The molecule has 2 amide bonds. The monoisotopic (exact) mass is 473 g/mol. The second kappa shape index (κ2) is 8.62. The van der Waals surface area contributed by atoms with Crippen LogP contribution < -0.4 is 5.32 Å². The van der Waals surface area contributed by atoms with E-state index in [4.69, 9.17) is 0 Å². The lowest BCUT2D eigenvalue weighted by Crippen LogP contribution is -2.47. The summed E-state index contributed by atoms with van der Waals surface area (Å²) in [5.74, 6) is -2.16. The summed E-state index contributed by atoms with van der Waals surface area (Å²) in [6.45, 7) is 6.13. The van der Waals surface area contributed by atoms with Gasteiger partial charge in [-0.3, -0.25) is 4.79 Å². The number of hydrogen-bond donors (Lipinski definition) is 2. The molecular formula is C24H25F2N3O3S. The number of fused-ring (bicyclic) bond motifs is 1. The molecule has 33 heavy (non-hydrogen) atoms. The third kappa shape index (κ3) is 4.37. The van der Waals surface area contributed by atoms with Crippen LogP contribution in [0, 0.1) is 11.6 Å². The Morgan fingerprint density at radius 2 is 1.97 bits per heavy atom. The molecular weight excluding hydrogens is 448 g/mol. The van der Waals surface area contributed by atoms with Gasteiger partial charge in [-0.25, -0.2) is 13.6 Å². The highest BCUT2D eigenvalue weighted by Gasteiger charge is 2.33. The molecule has 1 unspecified atom stereocenters. The summed E-state index contributed by atoms with van der Waals surface area (Å²) < 4.78 is 29.6. The van der Waals surface area contributed by atoms with E-state index in [1.807, 2.05) is 42.2 Å². The molecule has 174 valence electrons. The Morgan fingerprint density at radius 3 is 2.58 bits per heavy atom. The SMILES string of the molecule is CC(C)(C)N(CCC1CNC(=O)c2cc(-c3ccc(F)c(F)c3)c(-c3ccsc3)n21)C(=O)O. The van der Waals surface area contributed by atoms with Crippen molar-refractivity contribution in [1.29, 1.82) is 0 Å². The summed E-state index contributed by atoms with van der Waals surface area (Å²) in [5.41, 5.74) is 2.51. The minimum Gasteiger partial charge on any atom is -0.465 e. The molecule has 0 spiro atoms. The molecule has 1 aromatic carbocycles. The summed E-state index contributed by atoms with van der Waals surface area (Å²) in [4.78, 5) is 25.9. The van der Waals surface area contributed by atoms with Crippen LogP contribution in [-0.4, -0.2) is 45.2 Å². The molecule has 2 N–H and O–H groups in total. The van der Waals surface area contributed by atoms with Crippen molar-refractivity contribution < 1.29 is 23.5 Å². The predicted octanol–water partition coefficient (Wildman–Crippen LogP) is 5.61. The van der Waals surface area contributed by atoms with E-state index in [-0.39, 0.29) is 18.5 Å². The number of aromatic nitrogens is 1. The van der Waals surface area contributed by atoms with E-state index < -0.39 is 23.3 Å². The van der Waals surface area contributed by atoms with Crippen molar-refractivity contribution in [2.45, 2.75) is 38.8 Å². The van der Waals surface area contributed by atoms with Gasteiger partial charge in [-0.15, -0.1) is 0 Å². The number of benzene rings is 1. The van der Waals surface area contributed by atoms with Crippen LogP contribution in [0.15, 0.2) is 41.1 Å². The van der Waals surface area contributed by atoms with Crippen molar-refractivity contribution in [1.82, 2.24) is 14.8 Å². The molecule has 2 aromatic heterocycles. The molecule has 0 fully saturated rings. The van der Waals surface area contributed by atoms with E-state index in [2.05, 4.69) is 5.32 Å². The van der Waals surface area contributed by atoms with Crippen LogP contribution in [-0.2, 0) is 0 Å². The number of nitrogens with zero attached hydrogens (tertiary/aromatic N) is 2. The molecule has 1 aliphatic rings. The van der Waals surface area contributed by atoms with E-state index in [0.29, 0.717) is 29.8 Å². The number of carboxylic acid groups (broad SMARTS) is 1. The Hall–Kier alpha value is -3.20. The maximum absolute atomic E-state index is 14.1. The molecule has 3 aromatic rings. The van der Waals surface area contributed by atoms with Gasteiger partial charge in [0.05, 0.1) is 11.7 Å². The van der Waals surface area contributed by atoms with Crippen molar-refractivity contribution in [2.24, 2.45) is 0 Å². The van der Waals surface area contributed by atoms with Crippen LogP contribution in [0.3, 0.4) is 0 Å². The van der Waals surface area contributed by atoms with Crippen molar-refractivity contribution in [3.8, 4) is 22.4 Å². The zero-order valence-corrected chi connectivity index (χ0v) is 19.4. The van der Waals surface area contributed by atoms with Gasteiger partial charge < -0.3 is 19.9 Å². The van der Waals surface area contributed by atoms with Crippen molar-refractivity contribution in [3.63, 3.8) is 0 Å². The lowest BCUT2D eigenvalue weighted by molar-refractivity contribution is 0.0868. The van der Waals surface area contributed by atoms with E-state index in [1.165, 1.54) is 22.3 Å². The number of thiophene rings is 1. The first-order chi connectivity index (χ1) is 15.6. The zero-order valence-electron chi connectivity index (χ0n) is 18.6. The van der Waals surface area contributed by atoms with Gasteiger partial charge in [0.2, 0.25) is 0 Å². The predicted molar refractivity (Wildman–Crippen MR) is 124 cm³/mol. The molecule has 0 radical (unpaired) electrons. The smallest absolute Gasteiger partial charge is 0.407 e. The summed E-state index contributed by atoms with van der Waals surface area (Å²) >= 11 is 1.49. The second-order valence-electron chi connectivity index (χ2n) is 9.06. The van der Waals surface area contributed by atoms with Crippen LogP contribution in [0.2, 0.25) is 0 Å². The fourth-order valence-electron chi connectivity index (χ4n) is 4.28. The van der Waals surface area contributed by atoms with Gasteiger partial charge in [0.1, 0.15) is 5.69 Å². The van der Waals surface area contributed by atoms with E-state index in [1.54, 1.807) is 6.07 Å². The molecule has 0 bridgehead atoms. The first-order valence-electron chi connectivity index (χ1n) is 10.6. The van der Waals surface area contributed by atoms with Crippen LogP contribution in [0.4, 0.5) is 13.6 Å². The van der Waals surface area contributed by atoms with Gasteiger partial charge in [0, 0.05) is 35.1 Å². The van der Waals surface area contributed by atoms with Crippen molar-refractivity contribution >= 4 is 23.3 Å². The quantitative estimate of drug-likeness (QED) is 0.505. The molecule has 0 aliphatic carbocycles. The van der Waals surface area contributed by atoms with E-state index in [0.717, 1.165) is 23.4 Å². The average molecular weight is 474 g/mol. The van der Waals surface area contributed by atoms with Gasteiger partial charge in [0.15, 0.2) is 11.6 Å². The number of hydrogen-bond acceptors (Lipinski definition) is 3. The Labute approximate surface area is 194 Å². The fourth-order valence-corrected chi connectivity index (χ4v) is 4.92. The Balaban J connectivity index is 1.82. The van der Waals surface area contributed by atoms with Crippen LogP contribution in [0.1, 0.15) is 43.7 Å². The second-order valence-corrected chi connectivity index (χ2v) is 9.84. The molecule has 1 atom stereocenters. The van der Waals surface area contributed by atoms with Gasteiger partial charge in [0.25, 0.3) is 5.91 Å². The largest absolute Gasteiger partial charge is 0.465 e. The highest BCUT2D eigenvalue weighted by molar-refractivity contribution is 7.08. The van der Waals surface area contributed by atoms with Gasteiger partial charge in [-0.05, 0) is 62.4 Å². The van der Waals surface area contributed by atoms with E-state index >= 15 is 0 Å². The summed E-state index contributed by atoms with van der Waals surface area (Å²) in [7, 11) is 0. The zero-order chi connectivity index (χ0) is 23.9. The number of carbonyl (C=O) groups excluding carboxylic acids is 1. The lowest BCUT2D eigenvalue weighted by atomic mass is 10.0. The van der Waals surface area contributed by atoms with Crippen molar-refractivity contribution in [3.05, 3.63) is 58.4 Å². The minimum atomic E-state index is -1.00. The Bertz CT molecular complexity index is 1200. The average Bonchev–Trinajstić information content (AvgIpc) is 3.38. The summed E-state index contributed by atoms with van der Waals surface area (Å²) in [6.07, 6.45) is -0.532. The lowest BCUT2D eigenvalue weighted by Gasteiger charge is -2.36. The molecule has 9 heteroatoms. The first-order valence-corrected chi connectivity index (χ1v) is 11.5. The first kappa shape index (κ1) is 23.0. The van der Waals surface area contributed by atoms with Gasteiger partial charge in [-0.2, -0.15) is 11.3 Å². The molecule has 0 saturated heterocycles. The molecule has 3 heterocycles. The molecule has 1 aliphatic heterocycles. The van der Waals surface area contributed by atoms with E-state index in [9.17, 15) is 23.5 Å².